The first kappa shape index (κ1) is 22.5. The van der Waals surface area contributed by atoms with Gasteiger partial charge in [-0.1, -0.05) is 35.5 Å². The smallest absolute Gasteiger partial charge is 0.316 e. The van der Waals surface area contributed by atoms with E-state index in [1.807, 2.05) is 30.3 Å². The molecule has 0 radical (unpaired) electrons. The van der Waals surface area contributed by atoms with E-state index in [1.165, 1.54) is 4.31 Å². The number of piperazine rings is 1. The van der Waals surface area contributed by atoms with Gasteiger partial charge in [-0.05, 0) is 43.5 Å². The van der Waals surface area contributed by atoms with Gasteiger partial charge in [0.05, 0.1) is 4.90 Å². The minimum absolute atomic E-state index is 0.0704. The highest BCUT2D eigenvalue weighted by Gasteiger charge is 2.31. The number of rotatable bonds is 5. The van der Waals surface area contributed by atoms with E-state index in [9.17, 15) is 13.2 Å². The molecule has 2 aliphatic rings. The lowest BCUT2D eigenvalue weighted by molar-refractivity contribution is 0.0743. The maximum absolute atomic E-state index is 13.5. The highest BCUT2D eigenvalue weighted by Crippen LogP contribution is 2.27. The summed E-state index contributed by atoms with van der Waals surface area (Å²) in [5.74, 6) is -0.153. The van der Waals surface area contributed by atoms with Crippen molar-refractivity contribution in [3.63, 3.8) is 0 Å². The second-order valence-corrected chi connectivity index (χ2v) is 10.5. The first-order valence-corrected chi connectivity index (χ1v) is 12.9. The van der Waals surface area contributed by atoms with Crippen LogP contribution < -0.4 is 4.90 Å². The second-order valence-electron chi connectivity index (χ2n) is 8.63. The van der Waals surface area contributed by atoms with Crippen LogP contribution >= 0.6 is 0 Å². The fourth-order valence-corrected chi connectivity index (χ4v) is 6.14. The molecule has 0 N–H and O–H groups in total. The summed E-state index contributed by atoms with van der Waals surface area (Å²) < 4.78 is 33.7. The molecule has 0 spiro atoms. The molecule has 2 aliphatic heterocycles. The lowest BCUT2D eigenvalue weighted by Crippen LogP contribution is -2.48. The third-order valence-corrected chi connectivity index (χ3v) is 8.47. The molecular formula is C24H27N5O4S. The van der Waals surface area contributed by atoms with E-state index in [-0.39, 0.29) is 22.5 Å². The quantitative estimate of drug-likeness (QED) is 0.552. The first-order valence-electron chi connectivity index (χ1n) is 11.5. The lowest BCUT2D eigenvalue weighted by Gasteiger charge is -2.35. The molecule has 0 atom stereocenters. The Morgan fingerprint density at radius 1 is 0.941 bits per heavy atom. The van der Waals surface area contributed by atoms with Crippen LogP contribution in [0.2, 0.25) is 0 Å². The molecule has 10 heteroatoms. The molecule has 9 nitrogen and oxygen atoms in total. The number of hydrogen-bond acceptors (Lipinski definition) is 7. The summed E-state index contributed by atoms with van der Waals surface area (Å²) in [6.07, 6.45) is 1.93. The number of para-hydroxylation sites is 1. The third kappa shape index (κ3) is 4.30. The summed E-state index contributed by atoms with van der Waals surface area (Å²) in [7, 11) is -3.71. The maximum Gasteiger partial charge on any atom is 0.316 e. The minimum Gasteiger partial charge on any atom is -0.369 e. The number of likely N-dealkylation sites (tertiary alicyclic amines) is 1. The van der Waals surface area contributed by atoms with Crippen molar-refractivity contribution in [2.45, 2.75) is 24.7 Å². The zero-order valence-electron chi connectivity index (χ0n) is 19.1. The predicted octanol–water partition coefficient (Wildman–Crippen LogP) is 2.79. The summed E-state index contributed by atoms with van der Waals surface area (Å²) in [5.41, 5.74) is 2.23. The Hall–Kier alpha value is -3.24. The summed E-state index contributed by atoms with van der Waals surface area (Å²) in [6, 6.07) is 15.1. The topological polar surface area (TPSA) is 99.8 Å². The van der Waals surface area contributed by atoms with Crippen LogP contribution in [0.4, 0.5) is 5.69 Å². The minimum atomic E-state index is -3.71. The van der Waals surface area contributed by atoms with Gasteiger partial charge in [0.2, 0.25) is 15.8 Å². The highest BCUT2D eigenvalue weighted by molar-refractivity contribution is 7.89. The van der Waals surface area contributed by atoms with Gasteiger partial charge < -0.3 is 14.3 Å². The molecule has 178 valence electrons. The van der Waals surface area contributed by atoms with E-state index in [0.29, 0.717) is 50.4 Å². The molecular weight excluding hydrogens is 454 g/mol. The lowest BCUT2D eigenvalue weighted by atomic mass is 10.1. The number of amides is 1. The molecule has 2 fully saturated rings. The number of aromatic nitrogens is 2. The predicted molar refractivity (Wildman–Crippen MR) is 127 cm³/mol. The SMILES string of the molecule is Cc1ccc(-c2noc(C(=O)N3CCCC3)n2)cc1S(=O)(=O)N1CCN(c2ccccc2)CC1. The molecule has 0 saturated carbocycles. The fraction of sp³-hybridized carbons (Fsp3) is 0.375. The Morgan fingerprint density at radius 2 is 1.65 bits per heavy atom. The number of aryl methyl sites for hydroxylation is 1. The molecule has 2 aromatic carbocycles. The van der Waals surface area contributed by atoms with Crippen molar-refractivity contribution in [1.82, 2.24) is 19.3 Å². The van der Waals surface area contributed by atoms with Gasteiger partial charge in [0, 0.05) is 50.5 Å². The van der Waals surface area contributed by atoms with Crippen molar-refractivity contribution in [2.75, 3.05) is 44.2 Å². The van der Waals surface area contributed by atoms with Gasteiger partial charge in [0.15, 0.2) is 0 Å². The van der Waals surface area contributed by atoms with Crippen LogP contribution in [0.1, 0.15) is 29.1 Å². The monoisotopic (exact) mass is 481 g/mol. The zero-order chi connectivity index (χ0) is 23.7. The van der Waals surface area contributed by atoms with Crippen LogP contribution in [0, 0.1) is 6.92 Å². The summed E-state index contributed by atoms with van der Waals surface area (Å²) in [6.45, 7) is 5.18. The Bertz CT molecular complexity index is 1280. The van der Waals surface area contributed by atoms with Gasteiger partial charge in [-0.15, -0.1) is 0 Å². The van der Waals surface area contributed by atoms with Crippen LogP contribution in [0.5, 0.6) is 0 Å². The van der Waals surface area contributed by atoms with Gasteiger partial charge >= 0.3 is 11.8 Å². The van der Waals surface area contributed by atoms with E-state index in [0.717, 1.165) is 18.5 Å². The Kier molecular flexibility index (Phi) is 6.09. The number of carbonyl (C=O) groups excluding carboxylic acids is 1. The van der Waals surface area contributed by atoms with E-state index in [2.05, 4.69) is 15.0 Å². The first-order chi connectivity index (χ1) is 16.4. The normalized spacial score (nSPS) is 17.3. The standard InChI is InChI=1S/C24H27N5O4S/c1-18-9-10-19(22-25-23(33-26-22)24(30)28-11-5-6-12-28)17-21(18)34(31,32)29-15-13-27(14-16-29)20-7-3-2-4-8-20/h2-4,7-10,17H,5-6,11-16H2,1H3. The number of benzene rings is 2. The van der Waals surface area contributed by atoms with Crippen molar-refractivity contribution in [1.29, 1.82) is 0 Å². The van der Waals surface area contributed by atoms with E-state index in [4.69, 9.17) is 4.52 Å². The highest BCUT2D eigenvalue weighted by atomic mass is 32.2. The number of anilines is 1. The van der Waals surface area contributed by atoms with E-state index >= 15 is 0 Å². The maximum atomic E-state index is 13.5. The van der Waals surface area contributed by atoms with Gasteiger partial charge in [-0.25, -0.2) is 8.42 Å². The third-order valence-electron chi connectivity index (χ3n) is 6.43. The van der Waals surface area contributed by atoms with Crippen LogP contribution in [0.3, 0.4) is 0 Å². The molecule has 34 heavy (non-hydrogen) atoms. The van der Waals surface area contributed by atoms with E-state index < -0.39 is 10.0 Å². The van der Waals surface area contributed by atoms with Gasteiger partial charge in [0.25, 0.3) is 0 Å². The van der Waals surface area contributed by atoms with Crippen LogP contribution in [0.25, 0.3) is 11.4 Å². The van der Waals surface area contributed by atoms with E-state index in [1.54, 1.807) is 30.0 Å². The van der Waals surface area contributed by atoms with Crippen molar-refractivity contribution in [3.8, 4) is 11.4 Å². The zero-order valence-corrected chi connectivity index (χ0v) is 19.9. The number of sulfonamides is 1. The average molecular weight is 482 g/mol. The number of hydrogen-bond donors (Lipinski definition) is 0. The van der Waals surface area contributed by atoms with Crippen molar-refractivity contribution < 1.29 is 17.7 Å². The summed E-state index contributed by atoms with van der Waals surface area (Å²) >= 11 is 0. The number of carbonyl (C=O) groups is 1. The van der Waals surface area contributed by atoms with Gasteiger partial charge in [-0.2, -0.15) is 9.29 Å². The molecule has 3 aromatic rings. The molecule has 5 rings (SSSR count). The van der Waals surface area contributed by atoms with Crippen LogP contribution in [0.15, 0.2) is 57.9 Å². The molecule has 1 amide bonds. The summed E-state index contributed by atoms with van der Waals surface area (Å²) in [5, 5.41) is 3.94. The van der Waals surface area contributed by atoms with Crippen molar-refractivity contribution in [3.05, 3.63) is 60.0 Å². The van der Waals surface area contributed by atoms with Gasteiger partial charge in [-0.3, -0.25) is 4.79 Å². The van der Waals surface area contributed by atoms with Crippen LogP contribution in [-0.4, -0.2) is 72.9 Å². The molecule has 0 unspecified atom stereocenters. The van der Waals surface area contributed by atoms with Crippen molar-refractivity contribution in [2.24, 2.45) is 0 Å². The second kappa shape index (κ2) is 9.19. The molecule has 0 aliphatic carbocycles. The molecule has 2 saturated heterocycles. The van der Waals surface area contributed by atoms with Crippen LogP contribution in [-0.2, 0) is 10.0 Å². The van der Waals surface area contributed by atoms with Gasteiger partial charge in [0.1, 0.15) is 0 Å². The Morgan fingerprint density at radius 3 is 2.35 bits per heavy atom. The summed E-state index contributed by atoms with van der Waals surface area (Å²) in [4.78, 5) is 20.9. The Labute approximate surface area is 199 Å². The number of nitrogens with zero attached hydrogens (tertiary/aromatic N) is 5. The van der Waals surface area contributed by atoms with Crippen molar-refractivity contribution >= 4 is 21.6 Å². The Balaban J connectivity index is 1.35. The molecule has 0 bridgehead atoms. The molecule has 1 aromatic heterocycles. The molecule has 3 heterocycles. The fourth-order valence-electron chi connectivity index (χ4n) is 4.46. The largest absolute Gasteiger partial charge is 0.369 e. The average Bonchev–Trinajstić information content (AvgIpc) is 3.57.